The molecule has 0 unspecified atom stereocenters. The third-order valence-corrected chi connectivity index (χ3v) is 2.53. The van der Waals surface area contributed by atoms with Crippen LogP contribution < -0.4 is 4.74 Å². The zero-order valence-corrected chi connectivity index (χ0v) is 9.65. The van der Waals surface area contributed by atoms with Crippen LogP contribution in [-0.4, -0.2) is 32.5 Å². The van der Waals surface area contributed by atoms with Crippen molar-refractivity contribution in [3.63, 3.8) is 0 Å². The molecule has 0 saturated carbocycles. The van der Waals surface area contributed by atoms with Gasteiger partial charge in [0.1, 0.15) is 18.5 Å². The van der Waals surface area contributed by atoms with Gasteiger partial charge in [0.05, 0.1) is 19.8 Å². The summed E-state index contributed by atoms with van der Waals surface area (Å²) in [6.07, 6.45) is 1.40. The Kier molecular flexibility index (Phi) is 4.19. The summed E-state index contributed by atoms with van der Waals surface area (Å²) in [7, 11) is 0. The van der Waals surface area contributed by atoms with E-state index >= 15 is 0 Å². The number of epoxide rings is 1. The zero-order chi connectivity index (χ0) is 11.2. The lowest BCUT2D eigenvalue weighted by atomic mass is 10.2. The molecule has 0 aliphatic carbocycles. The van der Waals surface area contributed by atoms with Gasteiger partial charge in [0.25, 0.3) is 0 Å². The quantitative estimate of drug-likeness (QED) is 0.522. The van der Waals surface area contributed by atoms with E-state index in [1.807, 2.05) is 12.1 Å². The maximum absolute atomic E-state index is 5.54. The Balaban J connectivity index is 1.60. The van der Waals surface area contributed by atoms with E-state index in [2.05, 4.69) is 19.1 Å². The number of benzene rings is 1. The van der Waals surface area contributed by atoms with E-state index in [4.69, 9.17) is 14.2 Å². The molecule has 1 aliphatic rings. The number of hydrogen-bond acceptors (Lipinski definition) is 3. The van der Waals surface area contributed by atoms with Crippen molar-refractivity contribution in [1.29, 1.82) is 0 Å². The predicted octanol–water partition coefficient (Wildman–Crippen LogP) is 2.04. The van der Waals surface area contributed by atoms with Crippen LogP contribution in [0, 0.1) is 0 Å². The van der Waals surface area contributed by atoms with Gasteiger partial charge in [-0.05, 0) is 24.1 Å². The van der Waals surface area contributed by atoms with Crippen LogP contribution in [0.25, 0.3) is 0 Å². The number of rotatable bonds is 7. The highest BCUT2D eigenvalue weighted by Gasteiger charge is 2.21. The minimum atomic E-state index is 0.337. The van der Waals surface area contributed by atoms with Gasteiger partial charge in [-0.2, -0.15) is 0 Å². The normalized spacial score (nSPS) is 18.4. The first-order chi connectivity index (χ1) is 7.88. The minimum absolute atomic E-state index is 0.337. The van der Waals surface area contributed by atoms with Crippen molar-refractivity contribution in [2.24, 2.45) is 0 Å². The molecule has 1 atom stereocenters. The Morgan fingerprint density at radius 3 is 2.62 bits per heavy atom. The van der Waals surface area contributed by atoms with Gasteiger partial charge in [-0.25, -0.2) is 0 Å². The molecule has 16 heavy (non-hydrogen) atoms. The molecule has 1 aliphatic heterocycles. The van der Waals surface area contributed by atoms with Gasteiger partial charge in [-0.1, -0.05) is 19.1 Å². The van der Waals surface area contributed by atoms with E-state index in [9.17, 15) is 0 Å². The molecule has 1 heterocycles. The first-order valence-corrected chi connectivity index (χ1v) is 5.79. The Morgan fingerprint density at radius 2 is 2.00 bits per heavy atom. The Bertz CT molecular complexity index is 303. The fraction of sp³-hybridized carbons (Fsp3) is 0.538. The molecule has 0 bridgehead atoms. The van der Waals surface area contributed by atoms with Crippen LogP contribution in [0.5, 0.6) is 5.75 Å². The van der Waals surface area contributed by atoms with Crippen LogP contribution in [0.3, 0.4) is 0 Å². The second-order valence-electron chi connectivity index (χ2n) is 3.88. The van der Waals surface area contributed by atoms with Crippen molar-refractivity contribution in [3.05, 3.63) is 29.8 Å². The van der Waals surface area contributed by atoms with E-state index in [1.165, 1.54) is 5.56 Å². The Morgan fingerprint density at radius 1 is 1.25 bits per heavy atom. The third-order valence-electron chi connectivity index (χ3n) is 2.53. The smallest absolute Gasteiger partial charge is 0.119 e. The van der Waals surface area contributed by atoms with Crippen LogP contribution in [-0.2, 0) is 15.9 Å². The van der Waals surface area contributed by atoms with E-state index in [1.54, 1.807) is 0 Å². The van der Waals surface area contributed by atoms with Crippen LogP contribution >= 0.6 is 0 Å². The van der Waals surface area contributed by atoms with Gasteiger partial charge < -0.3 is 14.2 Å². The molecule has 3 nitrogen and oxygen atoms in total. The van der Waals surface area contributed by atoms with Gasteiger partial charge in [-0.15, -0.1) is 0 Å². The summed E-state index contributed by atoms with van der Waals surface area (Å²) in [5.41, 5.74) is 1.33. The lowest BCUT2D eigenvalue weighted by molar-refractivity contribution is 0.0878. The standard InChI is InChI=1S/C13H18O3/c1-2-11-3-5-12(6-4-11)15-8-7-14-9-13-10-16-13/h3-6,13H,2,7-10H2,1H3/t13-/m1/s1. The van der Waals surface area contributed by atoms with Gasteiger partial charge in [0.15, 0.2) is 0 Å². The summed E-state index contributed by atoms with van der Waals surface area (Å²) >= 11 is 0. The molecule has 1 aromatic carbocycles. The van der Waals surface area contributed by atoms with Crippen LogP contribution in [0.1, 0.15) is 12.5 Å². The van der Waals surface area contributed by atoms with Crippen molar-refractivity contribution in [1.82, 2.24) is 0 Å². The van der Waals surface area contributed by atoms with Gasteiger partial charge in [0, 0.05) is 0 Å². The fourth-order valence-corrected chi connectivity index (χ4v) is 1.42. The highest BCUT2D eigenvalue weighted by atomic mass is 16.6. The summed E-state index contributed by atoms with van der Waals surface area (Å²) in [5.74, 6) is 0.906. The molecule has 0 aromatic heterocycles. The molecule has 1 fully saturated rings. The van der Waals surface area contributed by atoms with Crippen LogP contribution in [0.15, 0.2) is 24.3 Å². The summed E-state index contributed by atoms with van der Waals surface area (Å²) in [4.78, 5) is 0. The van der Waals surface area contributed by atoms with E-state index < -0.39 is 0 Å². The highest BCUT2D eigenvalue weighted by molar-refractivity contribution is 5.27. The molecule has 88 valence electrons. The molecule has 1 aromatic rings. The van der Waals surface area contributed by atoms with E-state index in [0.29, 0.717) is 25.9 Å². The largest absolute Gasteiger partial charge is 0.491 e. The van der Waals surface area contributed by atoms with Crippen molar-refractivity contribution in [2.45, 2.75) is 19.4 Å². The second kappa shape index (κ2) is 5.87. The fourth-order valence-electron chi connectivity index (χ4n) is 1.42. The maximum Gasteiger partial charge on any atom is 0.119 e. The van der Waals surface area contributed by atoms with Crippen molar-refractivity contribution in [2.75, 3.05) is 26.4 Å². The van der Waals surface area contributed by atoms with Crippen LogP contribution in [0.2, 0.25) is 0 Å². The highest BCUT2D eigenvalue weighted by Crippen LogP contribution is 2.12. The van der Waals surface area contributed by atoms with Crippen LogP contribution in [0.4, 0.5) is 0 Å². The molecule has 0 amide bonds. The topological polar surface area (TPSA) is 31.0 Å². The molecule has 0 spiro atoms. The predicted molar refractivity (Wildman–Crippen MR) is 61.9 cm³/mol. The summed E-state index contributed by atoms with van der Waals surface area (Å²) in [5, 5.41) is 0. The number of hydrogen-bond donors (Lipinski definition) is 0. The van der Waals surface area contributed by atoms with Gasteiger partial charge in [-0.3, -0.25) is 0 Å². The zero-order valence-electron chi connectivity index (χ0n) is 9.65. The number of aryl methyl sites for hydroxylation is 1. The molecular weight excluding hydrogens is 204 g/mol. The lowest BCUT2D eigenvalue weighted by Crippen LogP contribution is -2.10. The van der Waals surface area contributed by atoms with E-state index in [-0.39, 0.29) is 0 Å². The average molecular weight is 222 g/mol. The summed E-state index contributed by atoms with van der Waals surface area (Å²) in [6, 6.07) is 8.19. The molecule has 2 rings (SSSR count). The SMILES string of the molecule is CCc1ccc(OCCOC[C@@H]2CO2)cc1. The Labute approximate surface area is 96.3 Å². The van der Waals surface area contributed by atoms with Crippen molar-refractivity contribution in [3.8, 4) is 5.75 Å². The molecular formula is C13H18O3. The first kappa shape index (κ1) is 11.4. The number of ether oxygens (including phenoxy) is 3. The summed E-state index contributed by atoms with van der Waals surface area (Å²) in [6.45, 7) is 4.90. The minimum Gasteiger partial charge on any atom is -0.491 e. The lowest BCUT2D eigenvalue weighted by Gasteiger charge is -2.06. The third kappa shape index (κ3) is 3.83. The average Bonchev–Trinajstić information content (AvgIpc) is 3.13. The Hall–Kier alpha value is -1.06. The monoisotopic (exact) mass is 222 g/mol. The maximum atomic E-state index is 5.54. The molecule has 1 saturated heterocycles. The molecule has 0 radical (unpaired) electrons. The van der Waals surface area contributed by atoms with Crippen molar-refractivity contribution >= 4 is 0 Å². The molecule has 0 N–H and O–H groups in total. The first-order valence-electron chi connectivity index (χ1n) is 5.79. The van der Waals surface area contributed by atoms with Crippen molar-refractivity contribution < 1.29 is 14.2 Å². The van der Waals surface area contributed by atoms with E-state index in [0.717, 1.165) is 18.8 Å². The summed E-state index contributed by atoms with van der Waals surface area (Å²) < 4.78 is 15.9. The second-order valence-corrected chi connectivity index (χ2v) is 3.88. The van der Waals surface area contributed by atoms with Gasteiger partial charge >= 0.3 is 0 Å². The van der Waals surface area contributed by atoms with Gasteiger partial charge in [0.2, 0.25) is 0 Å². The molecule has 3 heteroatoms.